The first-order valence-corrected chi connectivity index (χ1v) is 7.10. The molecule has 1 aromatic rings. The molecule has 0 saturated carbocycles. The molecule has 0 spiro atoms. The number of aryl methyl sites for hydroxylation is 1. The van der Waals surface area contributed by atoms with Gasteiger partial charge in [-0.1, -0.05) is 12.1 Å². The van der Waals surface area contributed by atoms with Gasteiger partial charge in [0.25, 0.3) is 0 Å². The van der Waals surface area contributed by atoms with Gasteiger partial charge in [-0.05, 0) is 52.3 Å². The standard InChI is InChI=1S/C16H24N2O2/c1-6-17-14(19)18(13-9-7-8-12(2)10-13)16(5,20)11-15(17,3)4/h7-10,20H,6,11H2,1-5H3/t16-/m1/s1. The lowest BCUT2D eigenvalue weighted by atomic mass is 9.87. The van der Waals surface area contributed by atoms with E-state index >= 15 is 0 Å². The molecule has 110 valence electrons. The van der Waals surface area contributed by atoms with E-state index in [4.69, 9.17) is 0 Å². The van der Waals surface area contributed by atoms with Gasteiger partial charge in [-0.2, -0.15) is 0 Å². The zero-order valence-electron chi connectivity index (χ0n) is 13.0. The Labute approximate surface area is 121 Å². The van der Waals surface area contributed by atoms with Gasteiger partial charge in [0.1, 0.15) is 5.72 Å². The van der Waals surface area contributed by atoms with Crippen LogP contribution in [0.25, 0.3) is 0 Å². The van der Waals surface area contributed by atoms with E-state index in [1.165, 1.54) is 4.90 Å². The predicted octanol–water partition coefficient (Wildman–Crippen LogP) is 3.13. The van der Waals surface area contributed by atoms with Crippen LogP contribution in [0, 0.1) is 6.92 Å². The number of rotatable bonds is 2. The topological polar surface area (TPSA) is 43.8 Å². The number of urea groups is 1. The van der Waals surface area contributed by atoms with E-state index in [2.05, 4.69) is 0 Å². The number of hydrogen-bond acceptors (Lipinski definition) is 2. The average Bonchev–Trinajstić information content (AvgIpc) is 2.25. The van der Waals surface area contributed by atoms with Crippen LogP contribution in [0.5, 0.6) is 0 Å². The van der Waals surface area contributed by atoms with E-state index in [9.17, 15) is 9.90 Å². The molecule has 0 aliphatic carbocycles. The number of anilines is 1. The summed E-state index contributed by atoms with van der Waals surface area (Å²) in [6.45, 7) is 10.3. The van der Waals surface area contributed by atoms with Gasteiger partial charge in [0, 0.05) is 24.2 Å². The van der Waals surface area contributed by atoms with Gasteiger partial charge in [-0.15, -0.1) is 0 Å². The van der Waals surface area contributed by atoms with Gasteiger partial charge >= 0.3 is 6.03 Å². The van der Waals surface area contributed by atoms with Gasteiger partial charge in [-0.3, -0.25) is 4.90 Å². The van der Waals surface area contributed by atoms with Crippen molar-refractivity contribution in [3.05, 3.63) is 29.8 Å². The van der Waals surface area contributed by atoms with Crippen molar-refractivity contribution in [2.24, 2.45) is 0 Å². The molecule has 0 radical (unpaired) electrons. The number of carbonyl (C=O) groups excluding carboxylic acids is 1. The average molecular weight is 276 g/mol. The summed E-state index contributed by atoms with van der Waals surface area (Å²) in [7, 11) is 0. The van der Waals surface area contributed by atoms with Crippen LogP contribution < -0.4 is 4.90 Å². The molecule has 0 aromatic heterocycles. The van der Waals surface area contributed by atoms with Crippen LogP contribution in [0.3, 0.4) is 0 Å². The second-order valence-corrected chi connectivity index (χ2v) is 6.41. The molecule has 2 rings (SSSR count). The van der Waals surface area contributed by atoms with E-state index in [1.54, 1.807) is 6.92 Å². The fourth-order valence-electron chi connectivity index (χ4n) is 3.30. The Balaban J connectivity index is 2.48. The number of aliphatic hydroxyl groups is 1. The van der Waals surface area contributed by atoms with Gasteiger partial charge in [0.15, 0.2) is 0 Å². The molecule has 0 bridgehead atoms. The number of hydrogen-bond donors (Lipinski definition) is 1. The van der Waals surface area contributed by atoms with Crippen molar-refractivity contribution in [1.29, 1.82) is 0 Å². The highest BCUT2D eigenvalue weighted by Gasteiger charge is 2.49. The molecule has 0 unspecified atom stereocenters. The molecule has 2 amide bonds. The van der Waals surface area contributed by atoms with Crippen LogP contribution in [0.15, 0.2) is 24.3 Å². The summed E-state index contributed by atoms with van der Waals surface area (Å²) >= 11 is 0. The van der Waals surface area contributed by atoms with Gasteiger partial charge in [0.05, 0.1) is 0 Å². The highest BCUT2D eigenvalue weighted by molar-refractivity contribution is 5.94. The zero-order chi connectivity index (χ0) is 15.1. The SMILES string of the molecule is CCN1C(=O)N(c2cccc(C)c2)[C@](C)(O)CC1(C)C. The molecular weight excluding hydrogens is 252 g/mol. The molecule has 20 heavy (non-hydrogen) atoms. The molecule has 1 aromatic carbocycles. The van der Waals surface area contributed by atoms with E-state index in [0.717, 1.165) is 11.3 Å². The summed E-state index contributed by atoms with van der Waals surface area (Å²) < 4.78 is 0. The third-order valence-corrected chi connectivity index (χ3v) is 3.98. The second-order valence-electron chi connectivity index (χ2n) is 6.41. The smallest absolute Gasteiger partial charge is 0.327 e. The molecule has 1 heterocycles. The molecule has 4 heteroatoms. The molecule has 4 nitrogen and oxygen atoms in total. The quantitative estimate of drug-likeness (QED) is 0.902. The predicted molar refractivity (Wildman–Crippen MR) is 80.8 cm³/mol. The van der Waals surface area contributed by atoms with Crippen LogP contribution in [-0.2, 0) is 0 Å². The third-order valence-electron chi connectivity index (χ3n) is 3.98. The second kappa shape index (κ2) is 4.77. The largest absolute Gasteiger partial charge is 0.371 e. The van der Waals surface area contributed by atoms with Crippen LogP contribution in [0.1, 0.15) is 39.7 Å². The summed E-state index contributed by atoms with van der Waals surface area (Å²) in [6, 6.07) is 7.54. The summed E-state index contributed by atoms with van der Waals surface area (Å²) in [5, 5.41) is 10.8. The van der Waals surface area contributed by atoms with Gasteiger partial charge < -0.3 is 10.0 Å². The van der Waals surface area contributed by atoms with Crippen molar-refractivity contribution in [2.45, 2.75) is 52.3 Å². The number of carbonyl (C=O) groups is 1. The Morgan fingerprint density at radius 2 is 1.95 bits per heavy atom. The highest BCUT2D eigenvalue weighted by atomic mass is 16.3. The van der Waals surface area contributed by atoms with E-state index < -0.39 is 5.72 Å². The van der Waals surface area contributed by atoms with Crippen LogP contribution >= 0.6 is 0 Å². The summed E-state index contributed by atoms with van der Waals surface area (Å²) in [5.74, 6) is 0. The summed E-state index contributed by atoms with van der Waals surface area (Å²) in [4.78, 5) is 16.1. The van der Waals surface area contributed by atoms with Crippen molar-refractivity contribution in [1.82, 2.24) is 4.90 Å². The van der Waals surface area contributed by atoms with Crippen molar-refractivity contribution in [3.8, 4) is 0 Å². The van der Waals surface area contributed by atoms with E-state index in [-0.39, 0.29) is 11.6 Å². The van der Waals surface area contributed by atoms with Crippen LogP contribution in [0.2, 0.25) is 0 Å². The Kier molecular flexibility index (Phi) is 3.54. The summed E-state index contributed by atoms with van der Waals surface area (Å²) in [5.41, 5.74) is 0.281. The first-order valence-electron chi connectivity index (χ1n) is 7.10. The third kappa shape index (κ3) is 2.40. The Hall–Kier alpha value is -1.55. The number of benzene rings is 1. The monoisotopic (exact) mass is 276 g/mol. The minimum Gasteiger partial charge on any atom is -0.371 e. The molecule has 1 atom stereocenters. The Bertz CT molecular complexity index is 523. The lowest BCUT2D eigenvalue weighted by Crippen LogP contribution is -2.68. The number of amides is 2. The molecule has 1 fully saturated rings. The molecule has 1 aliphatic rings. The van der Waals surface area contributed by atoms with Crippen molar-refractivity contribution >= 4 is 11.7 Å². The lowest BCUT2D eigenvalue weighted by Gasteiger charge is -2.53. The number of nitrogens with zero attached hydrogens (tertiary/aromatic N) is 2. The maximum Gasteiger partial charge on any atom is 0.327 e. The van der Waals surface area contributed by atoms with Crippen molar-refractivity contribution in [2.75, 3.05) is 11.4 Å². The normalized spacial score (nSPS) is 26.0. The first kappa shape index (κ1) is 14.9. The minimum absolute atomic E-state index is 0.139. The van der Waals surface area contributed by atoms with Crippen molar-refractivity contribution < 1.29 is 9.90 Å². The first-order chi connectivity index (χ1) is 9.19. The maximum atomic E-state index is 12.8. The van der Waals surface area contributed by atoms with E-state index in [0.29, 0.717) is 13.0 Å². The fraction of sp³-hybridized carbons (Fsp3) is 0.562. The molecule has 1 aliphatic heterocycles. The molecule has 1 saturated heterocycles. The highest BCUT2D eigenvalue weighted by Crippen LogP contribution is 2.38. The fourth-order valence-corrected chi connectivity index (χ4v) is 3.30. The minimum atomic E-state index is -1.18. The van der Waals surface area contributed by atoms with E-state index in [1.807, 2.05) is 56.9 Å². The summed E-state index contributed by atoms with van der Waals surface area (Å²) in [6.07, 6.45) is 0.507. The van der Waals surface area contributed by atoms with Gasteiger partial charge in [-0.25, -0.2) is 4.79 Å². The van der Waals surface area contributed by atoms with Crippen LogP contribution in [0.4, 0.5) is 10.5 Å². The molecular formula is C16H24N2O2. The Morgan fingerprint density at radius 3 is 2.50 bits per heavy atom. The lowest BCUT2D eigenvalue weighted by molar-refractivity contribution is -0.0238. The van der Waals surface area contributed by atoms with Gasteiger partial charge in [0.2, 0.25) is 0 Å². The Morgan fingerprint density at radius 1 is 1.30 bits per heavy atom. The van der Waals surface area contributed by atoms with Crippen LogP contribution in [-0.4, -0.2) is 33.8 Å². The molecule has 1 N–H and O–H groups in total. The maximum absolute atomic E-state index is 12.8. The zero-order valence-corrected chi connectivity index (χ0v) is 13.0. The van der Waals surface area contributed by atoms with Crippen molar-refractivity contribution in [3.63, 3.8) is 0 Å².